The molecule has 1 saturated heterocycles. The molecule has 0 amide bonds. The van der Waals surface area contributed by atoms with Crippen LogP contribution in [0.2, 0.25) is 0 Å². The van der Waals surface area contributed by atoms with Crippen molar-refractivity contribution in [3.8, 4) is 0 Å². The fraction of sp³-hybridized carbons (Fsp3) is 0.727. The van der Waals surface area contributed by atoms with E-state index in [0.29, 0.717) is 11.2 Å². The molecule has 5 heteroatoms. The summed E-state index contributed by atoms with van der Waals surface area (Å²) < 4.78 is 5.64. The van der Waals surface area contributed by atoms with Gasteiger partial charge in [0.25, 0.3) is 0 Å². The van der Waals surface area contributed by atoms with Gasteiger partial charge in [0, 0.05) is 31.5 Å². The molecule has 0 aromatic carbocycles. The van der Waals surface area contributed by atoms with Crippen LogP contribution in [0.5, 0.6) is 0 Å². The molecule has 1 aliphatic rings. The van der Waals surface area contributed by atoms with Crippen LogP contribution in [0.15, 0.2) is 5.38 Å². The maximum Gasteiger partial charge on any atom is 0.180 e. The predicted octanol–water partition coefficient (Wildman–Crippen LogP) is 1.43. The number of nitrogens with zero attached hydrogens (tertiary/aromatic N) is 1. The van der Waals surface area contributed by atoms with Crippen LogP contribution in [-0.4, -0.2) is 30.8 Å². The van der Waals surface area contributed by atoms with Crippen molar-refractivity contribution in [3.05, 3.63) is 11.1 Å². The molecule has 1 aromatic rings. The second-order valence-corrected chi connectivity index (χ2v) is 5.01. The van der Waals surface area contributed by atoms with Gasteiger partial charge in [-0.25, -0.2) is 4.98 Å². The van der Waals surface area contributed by atoms with Gasteiger partial charge < -0.3 is 15.8 Å². The van der Waals surface area contributed by atoms with E-state index in [9.17, 15) is 0 Å². The van der Waals surface area contributed by atoms with Crippen LogP contribution in [0.4, 0.5) is 5.13 Å². The molecule has 0 spiro atoms. The lowest BCUT2D eigenvalue weighted by molar-refractivity contribution is 0.0171. The van der Waals surface area contributed by atoms with Crippen molar-refractivity contribution >= 4 is 16.5 Å². The van der Waals surface area contributed by atoms with E-state index in [4.69, 9.17) is 10.5 Å². The van der Waals surface area contributed by atoms with Crippen LogP contribution < -0.4 is 11.1 Å². The summed E-state index contributed by atoms with van der Waals surface area (Å²) in [6.45, 7) is 2.83. The van der Waals surface area contributed by atoms with Crippen LogP contribution >= 0.6 is 11.3 Å². The van der Waals surface area contributed by atoms with Crippen LogP contribution in [0.25, 0.3) is 0 Å². The molecule has 0 bridgehead atoms. The van der Waals surface area contributed by atoms with E-state index in [2.05, 4.69) is 10.3 Å². The largest absolute Gasteiger partial charge is 0.377 e. The van der Waals surface area contributed by atoms with Crippen molar-refractivity contribution in [2.45, 2.75) is 31.8 Å². The van der Waals surface area contributed by atoms with Gasteiger partial charge in [0.05, 0.1) is 11.8 Å². The minimum atomic E-state index is 0.411. The summed E-state index contributed by atoms with van der Waals surface area (Å²) >= 11 is 1.50. The zero-order valence-electron chi connectivity index (χ0n) is 9.45. The first-order chi connectivity index (χ1) is 7.84. The Hall–Kier alpha value is -0.650. The average molecular weight is 241 g/mol. The maximum atomic E-state index is 5.64. The highest BCUT2D eigenvalue weighted by molar-refractivity contribution is 7.13. The van der Waals surface area contributed by atoms with E-state index in [1.165, 1.54) is 30.6 Å². The van der Waals surface area contributed by atoms with Gasteiger partial charge in [-0.3, -0.25) is 0 Å². The summed E-state index contributed by atoms with van der Waals surface area (Å²) in [5.74, 6) is 0. The minimum absolute atomic E-state index is 0.411. The molecule has 90 valence electrons. The van der Waals surface area contributed by atoms with Gasteiger partial charge in [-0.1, -0.05) is 0 Å². The minimum Gasteiger partial charge on any atom is -0.377 e. The first-order valence-electron chi connectivity index (χ1n) is 5.87. The molecule has 0 saturated carbocycles. The summed E-state index contributed by atoms with van der Waals surface area (Å²) in [5, 5.41) is 6.09. The lowest BCUT2D eigenvalue weighted by Gasteiger charge is -2.22. The Morgan fingerprint density at radius 3 is 3.19 bits per heavy atom. The maximum absolute atomic E-state index is 5.64. The van der Waals surface area contributed by atoms with Gasteiger partial charge in [-0.2, -0.15) is 0 Å². The first kappa shape index (κ1) is 11.8. The van der Waals surface area contributed by atoms with Gasteiger partial charge in [0.2, 0.25) is 0 Å². The summed E-state index contributed by atoms with van der Waals surface area (Å²) in [6, 6.07) is 0. The number of aromatic nitrogens is 1. The summed E-state index contributed by atoms with van der Waals surface area (Å²) in [5.41, 5.74) is 6.65. The van der Waals surface area contributed by atoms with Crippen molar-refractivity contribution in [3.63, 3.8) is 0 Å². The number of hydrogen-bond donors (Lipinski definition) is 2. The molecular formula is C11H19N3OS. The normalized spacial score (nSPS) is 21.1. The molecule has 2 heterocycles. The van der Waals surface area contributed by atoms with Crippen molar-refractivity contribution in [2.24, 2.45) is 0 Å². The zero-order valence-corrected chi connectivity index (χ0v) is 10.3. The Labute approximate surface area is 100 Å². The fourth-order valence-electron chi connectivity index (χ4n) is 1.89. The molecule has 0 aliphatic carbocycles. The molecule has 16 heavy (non-hydrogen) atoms. The van der Waals surface area contributed by atoms with Crippen molar-refractivity contribution in [1.82, 2.24) is 10.3 Å². The number of ether oxygens (including phenoxy) is 1. The first-order valence-corrected chi connectivity index (χ1v) is 6.75. The molecule has 0 radical (unpaired) electrons. The summed E-state index contributed by atoms with van der Waals surface area (Å²) in [4.78, 5) is 4.22. The lowest BCUT2D eigenvalue weighted by atomic mass is 10.1. The quantitative estimate of drug-likeness (QED) is 0.766. The van der Waals surface area contributed by atoms with E-state index < -0.39 is 0 Å². The highest BCUT2D eigenvalue weighted by Crippen LogP contribution is 2.12. The highest BCUT2D eigenvalue weighted by atomic mass is 32.1. The number of nitrogens with two attached hydrogens (primary N) is 1. The molecule has 1 aromatic heterocycles. The molecular weight excluding hydrogens is 222 g/mol. The van der Waals surface area contributed by atoms with Gasteiger partial charge in [0.15, 0.2) is 5.13 Å². The third kappa shape index (κ3) is 3.73. The third-order valence-corrected chi connectivity index (χ3v) is 3.50. The van der Waals surface area contributed by atoms with Crippen LogP contribution in [0.3, 0.4) is 0 Å². The molecule has 3 N–H and O–H groups in total. The Balaban J connectivity index is 1.57. The number of nitrogen functional groups attached to an aromatic ring is 1. The van der Waals surface area contributed by atoms with E-state index in [1.54, 1.807) is 0 Å². The van der Waals surface area contributed by atoms with Gasteiger partial charge >= 0.3 is 0 Å². The third-order valence-electron chi connectivity index (χ3n) is 2.77. The molecule has 4 nitrogen and oxygen atoms in total. The smallest absolute Gasteiger partial charge is 0.180 e. The number of rotatable bonds is 5. The van der Waals surface area contributed by atoms with Crippen molar-refractivity contribution < 1.29 is 4.74 Å². The molecule has 1 atom stereocenters. The number of thiazole rings is 1. The van der Waals surface area contributed by atoms with Crippen molar-refractivity contribution in [1.29, 1.82) is 0 Å². The highest BCUT2D eigenvalue weighted by Gasteiger charge is 2.12. The number of hydrogen-bond acceptors (Lipinski definition) is 5. The molecule has 1 unspecified atom stereocenters. The van der Waals surface area contributed by atoms with Gasteiger partial charge in [-0.15, -0.1) is 11.3 Å². The molecule has 1 fully saturated rings. The van der Waals surface area contributed by atoms with Crippen LogP contribution in [0.1, 0.15) is 25.0 Å². The Bertz CT molecular complexity index is 310. The predicted molar refractivity (Wildman–Crippen MR) is 66.7 cm³/mol. The van der Waals surface area contributed by atoms with Crippen LogP contribution in [-0.2, 0) is 11.2 Å². The van der Waals surface area contributed by atoms with Crippen molar-refractivity contribution in [2.75, 3.05) is 25.4 Å². The SMILES string of the molecule is Nc1nc(CCNCC2CCCCO2)cs1. The molecule has 2 rings (SSSR count). The Morgan fingerprint density at radius 2 is 2.50 bits per heavy atom. The molecule has 1 aliphatic heterocycles. The summed E-state index contributed by atoms with van der Waals surface area (Å²) in [7, 11) is 0. The Morgan fingerprint density at radius 1 is 1.56 bits per heavy atom. The summed E-state index contributed by atoms with van der Waals surface area (Å²) in [6.07, 6.45) is 5.06. The van der Waals surface area contributed by atoms with Gasteiger partial charge in [0.1, 0.15) is 0 Å². The van der Waals surface area contributed by atoms with Crippen LogP contribution in [0, 0.1) is 0 Å². The second kappa shape index (κ2) is 6.18. The Kier molecular flexibility index (Phi) is 4.56. The fourth-order valence-corrected chi connectivity index (χ4v) is 2.48. The monoisotopic (exact) mass is 241 g/mol. The number of anilines is 1. The zero-order chi connectivity index (χ0) is 11.2. The number of nitrogens with one attached hydrogen (secondary N) is 1. The standard InChI is InChI=1S/C11H19N3OS/c12-11-14-9(8-16-11)4-5-13-7-10-3-1-2-6-15-10/h8,10,13H,1-7H2,(H2,12,14). The van der Waals surface area contributed by atoms with E-state index in [-0.39, 0.29) is 0 Å². The lowest BCUT2D eigenvalue weighted by Crippen LogP contribution is -2.32. The second-order valence-electron chi connectivity index (χ2n) is 4.12. The van der Waals surface area contributed by atoms with E-state index in [1.807, 2.05) is 5.38 Å². The van der Waals surface area contributed by atoms with Gasteiger partial charge in [-0.05, 0) is 19.3 Å². The topological polar surface area (TPSA) is 60.2 Å². The average Bonchev–Trinajstić information content (AvgIpc) is 2.72. The van der Waals surface area contributed by atoms with E-state index >= 15 is 0 Å². The van der Waals surface area contributed by atoms with E-state index in [0.717, 1.165) is 31.8 Å².